The Hall–Kier alpha value is -1.66. The summed E-state index contributed by atoms with van der Waals surface area (Å²) < 4.78 is 1.48. The summed E-state index contributed by atoms with van der Waals surface area (Å²) in [6.45, 7) is 1.94. The van der Waals surface area contributed by atoms with E-state index in [0.717, 1.165) is 0 Å². The van der Waals surface area contributed by atoms with Gasteiger partial charge >= 0.3 is 5.97 Å². The van der Waals surface area contributed by atoms with E-state index in [9.17, 15) is 4.79 Å². The van der Waals surface area contributed by atoms with Crippen molar-refractivity contribution in [2.24, 2.45) is 0 Å². The summed E-state index contributed by atoms with van der Waals surface area (Å²) in [6, 6.07) is 2.86. The molecule has 0 radical (unpaired) electrons. The Labute approximate surface area is 112 Å². The topological polar surface area (TPSA) is 80.9 Å². The minimum atomic E-state index is -1.11. The molecule has 0 aliphatic rings. The maximum Gasteiger partial charge on any atom is 0.337 e. The maximum absolute atomic E-state index is 11.0. The molecule has 94 valence electrons. The summed E-state index contributed by atoms with van der Waals surface area (Å²) in [7, 11) is 0. The molecule has 6 nitrogen and oxygen atoms in total. The number of rotatable bonds is 3. The number of carbonyl (C=O) groups is 1. The molecule has 0 bridgehead atoms. The fraction of sp³-hybridized carbons (Fsp3) is 0.200. The van der Waals surface area contributed by atoms with Crippen LogP contribution >= 0.6 is 23.2 Å². The number of carboxylic acid groups (broad SMARTS) is 1. The van der Waals surface area contributed by atoms with Crippen LogP contribution in [0.15, 0.2) is 12.1 Å². The van der Waals surface area contributed by atoms with Gasteiger partial charge in [0.1, 0.15) is 5.82 Å². The lowest BCUT2D eigenvalue weighted by Gasteiger charge is -2.09. The zero-order valence-corrected chi connectivity index (χ0v) is 10.8. The average molecular weight is 287 g/mol. The molecule has 1 aromatic heterocycles. The number of hydrogen-bond acceptors (Lipinski definition) is 4. The molecule has 8 heteroatoms. The van der Waals surface area contributed by atoms with Crippen molar-refractivity contribution in [2.75, 3.05) is 0 Å². The highest BCUT2D eigenvalue weighted by molar-refractivity contribution is 6.37. The van der Waals surface area contributed by atoms with Crippen LogP contribution in [0.5, 0.6) is 0 Å². The van der Waals surface area contributed by atoms with Crippen molar-refractivity contribution >= 4 is 29.2 Å². The quantitative estimate of drug-likeness (QED) is 0.934. The first-order chi connectivity index (χ1) is 8.50. The number of hydrogen-bond donors (Lipinski definition) is 1. The minimum absolute atomic E-state index is 0.00166. The van der Waals surface area contributed by atoms with E-state index in [1.807, 2.05) is 0 Å². The average Bonchev–Trinajstić information content (AvgIpc) is 2.69. The van der Waals surface area contributed by atoms with Crippen molar-refractivity contribution < 1.29 is 9.90 Å². The number of halogens is 2. The first-order valence-corrected chi connectivity index (χ1v) is 5.69. The second kappa shape index (κ2) is 4.91. The molecule has 0 spiro atoms. The Morgan fingerprint density at radius 1 is 1.44 bits per heavy atom. The first kappa shape index (κ1) is 12.8. The van der Waals surface area contributed by atoms with E-state index in [2.05, 4.69) is 15.5 Å². The van der Waals surface area contributed by atoms with Gasteiger partial charge in [0.2, 0.25) is 0 Å². The van der Waals surface area contributed by atoms with Gasteiger partial charge in [-0.15, -0.1) is 5.10 Å². The van der Waals surface area contributed by atoms with Crippen LogP contribution in [0.4, 0.5) is 0 Å². The maximum atomic E-state index is 11.0. The van der Waals surface area contributed by atoms with E-state index in [4.69, 9.17) is 28.3 Å². The Kier molecular flexibility index (Phi) is 3.49. The lowest BCUT2D eigenvalue weighted by atomic mass is 10.1. The third kappa shape index (κ3) is 2.30. The van der Waals surface area contributed by atoms with Crippen LogP contribution < -0.4 is 0 Å². The van der Waals surface area contributed by atoms with Crippen molar-refractivity contribution in [1.82, 2.24) is 20.2 Å². The predicted octanol–water partition coefficient (Wildman–Crippen LogP) is 2.03. The van der Waals surface area contributed by atoms with E-state index in [-0.39, 0.29) is 17.1 Å². The molecular formula is C10H8Cl2N4O2. The normalized spacial score (nSPS) is 10.6. The zero-order chi connectivity index (χ0) is 13.3. The SMILES string of the molecule is Cc1nnnn1Cc1c(Cl)ccc(C(=O)O)c1Cl. The number of aryl methyl sites for hydroxylation is 1. The summed E-state index contributed by atoms with van der Waals surface area (Å²) in [5.41, 5.74) is 0.482. The molecule has 2 aromatic rings. The first-order valence-electron chi connectivity index (χ1n) is 4.93. The second-order valence-electron chi connectivity index (χ2n) is 3.58. The van der Waals surface area contributed by atoms with Crippen LogP contribution in [0.1, 0.15) is 21.7 Å². The molecule has 0 aliphatic carbocycles. The van der Waals surface area contributed by atoms with Gasteiger partial charge in [-0.1, -0.05) is 23.2 Å². The number of nitrogens with zero attached hydrogens (tertiary/aromatic N) is 4. The van der Waals surface area contributed by atoms with Crippen molar-refractivity contribution in [2.45, 2.75) is 13.5 Å². The lowest BCUT2D eigenvalue weighted by Crippen LogP contribution is -2.08. The largest absolute Gasteiger partial charge is 0.478 e. The van der Waals surface area contributed by atoms with Crippen LogP contribution in [0, 0.1) is 6.92 Å². The highest BCUT2D eigenvalue weighted by Crippen LogP contribution is 2.29. The van der Waals surface area contributed by atoms with E-state index in [1.165, 1.54) is 16.8 Å². The Morgan fingerprint density at radius 2 is 2.17 bits per heavy atom. The summed E-state index contributed by atoms with van der Waals surface area (Å²) in [6.07, 6.45) is 0. The standard InChI is InChI=1S/C10H8Cl2N4O2/c1-5-13-14-15-16(5)4-7-8(11)3-2-6(9(7)12)10(17)18/h2-3H,4H2,1H3,(H,17,18). The van der Waals surface area contributed by atoms with E-state index in [1.54, 1.807) is 6.92 Å². The molecule has 0 saturated carbocycles. The zero-order valence-electron chi connectivity index (χ0n) is 9.26. The molecule has 2 rings (SSSR count). The molecule has 18 heavy (non-hydrogen) atoms. The van der Waals surface area contributed by atoms with Gasteiger partial charge in [-0.05, 0) is 29.5 Å². The molecule has 0 amide bonds. The highest BCUT2D eigenvalue weighted by atomic mass is 35.5. The highest BCUT2D eigenvalue weighted by Gasteiger charge is 2.16. The van der Waals surface area contributed by atoms with Gasteiger partial charge < -0.3 is 5.11 Å². The van der Waals surface area contributed by atoms with E-state index in [0.29, 0.717) is 16.4 Å². The van der Waals surface area contributed by atoms with Gasteiger partial charge in [0.05, 0.1) is 17.1 Å². The van der Waals surface area contributed by atoms with Crippen LogP contribution in [0.2, 0.25) is 10.0 Å². The van der Waals surface area contributed by atoms with Crippen molar-refractivity contribution in [3.8, 4) is 0 Å². The molecule has 1 heterocycles. The molecule has 0 saturated heterocycles. The third-order valence-electron chi connectivity index (χ3n) is 2.44. The summed E-state index contributed by atoms with van der Waals surface area (Å²) in [5, 5.41) is 20.4. The monoisotopic (exact) mass is 286 g/mol. The minimum Gasteiger partial charge on any atom is -0.478 e. The van der Waals surface area contributed by atoms with Gasteiger partial charge in [0, 0.05) is 10.6 Å². The predicted molar refractivity (Wildman–Crippen MR) is 65.1 cm³/mol. The molecule has 0 unspecified atom stereocenters. The number of carboxylic acids is 1. The van der Waals surface area contributed by atoms with E-state index >= 15 is 0 Å². The summed E-state index contributed by atoms with van der Waals surface area (Å²) in [4.78, 5) is 11.0. The molecule has 0 aliphatic heterocycles. The Balaban J connectivity index is 2.47. The van der Waals surface area contributed by atoms with Crippen LogP contribution in [-0.2, 0) is 6.54 Å². The van der Waals surface area contributed by atoms with Crippen LogP contribution in [0.25, 0.3) is 0 Å². The smallest absolute Gasteiger partial charge is 0.337 e. The molecule has 0 atom stereocenters. The van der Waals surface area contributed by atoms with Gasteiger partial charge in [-0.2, -0.15) is 0 Å². The van der Waals surface area contributed by atoms with Gasteiger partial charge in [0.25, 0.3) is 0 Å². The molecular weight excluding hydrogens is 279 g/mol. The van der Waals surface area contributed by atoms with Gasteiger partial charge in [-0.3, -0.25) is 0 Å². The van der Waals surface area contributed by atoms with Crippen LogP contribution in [0.3, 0.4) is 0 Å². The fourth-order valence-electron chi connectivity index (χ4n) is 1.45. The van der Waals surface area contributed by atoms with Crippen molar-refractivity contribution in [3.63, 3.8) is 0 Å². The number of tetrazole rings is 1. The summed E-state index contributed by atoms with van der Waals surface area (Å²) in [5.74, 6) is -0.519. The molecule has 1 N–H and O–H groups in total. The summed E-state index contributed by atoms with van der Waals surface area (Å²) >= 11 is 12.0. The van der Waals surface area contributed by atoms with E-state index < -0.39 is 5.97 Å². The Bertz CT molecular complexity index is 612. The number of aromatic nitrogens is 4. The van der Waals surface area contributed by atoms with Crippen molar-refractivity contribution in [1.29, 1.82) is 0 Å². The van der Waals surface area contributed by atoms with Gasteiger partial charge in [-0.25, -0.2) is 9.48 Å². The fourth-order valence-corrected chi connectivity index (χ4v) is 2.02. The number of aromatic carboxylic acids is 1. The second-order valence-corrected chi connectivity index (χ2v) is 4.36. The Morgan fingerprint density at radius 3 is 2.72 bits per heavy atom. The van der Waals surface area contributed by atoms with Crippen molar-refractivity contribution in [3.05, 3.63) is 39.1 Å². The molecule has 0 fully saturated rings. The lowest BCUT2D eigenvalue weighted by molar-refractivity contribution is 0.0697. The van der Waals surface area contributed by atoms with Gasteiger partial charge in [0.15, 0.2) is 0 Å². The third-order valence-corrected chi connectivity index (χ3v) is 3.22. The van der Waals surface area contributed by atoms with Crippen LogP contribution in [-0.4, -0.2) is 31.3 Å². The number of benzene rings is 1. The molecule has 1 aromatic carbocycles.